The average Bonchev–Trinajstić information content (AvgIpc) is 2.82. The minimum absolute atomic E-state index is 0.0967. The van der Waals surface area contributed by atoms with Crippen LogP contribution in [-0.4, -0.2) is 16.7 Å². The average molecular weight is 271 g/mol. The maximum atomic E-state index is 11.9. The lowest BCUT2D eigenvalue weighted by atomic mass is 10.2. The van der Waals surface area contributed by atoms with Gasteiger partial charge in [0.1, 0.15) is 0 Å². The molecule has 2 aromatic heterocycles. The Morgan fingerprint density at radius 2 is 2.41 bits per heavy atom. The van der Waals surface area contributed by atoms with Crippen molar-refractivity contribution in [3.8, 4) is 5.75 Å². The second kappa shape index (κ2) is 5.33. The molecule has 4 nitrogen and oxygen atoms in total. The Hall–Kier alpha value is -1.33. The highest BCUT2D eigenvalue weighted by Gasteiger charge is 2.09. The fourth-order valence-corrected chi connectivity index (χ4v) is 2.37. The van der Waals surface area contributed by atoms with Gasteiger partial charge in [-0.05, 0) is 28.8 Å². The van der Waals surface area contributed by atoms with Crippen LogP contribution in [0.15, 0.2) is 27.9 Å². The van der Waals surface area contributed by atoms with Crippen molar-refractivity contribution < 1.29 is 4.74 Å². The first-order valence-electron chi connectivity index (χ1n) is 5.02. The number of aromatic nitrogens is 2. The number of aryl methyl sites for hydroxylation is 2. The molecule has 0 spiro atoms. The van der Waals surface area contributed by atoms with E-state index in [2.05, 4.69) is 10.4 Å². The highest BCUT2D eigenvalue weighted by molar-refractivity contribution is 7.07. The molecule has 0 aliphatic rings. The van der Waals surface area contributed by atoms with Crippen LogP contribution in [0.2, 0.25) is 5.15 Å². The summed E-state index contributed by atoms with van der Waals surface area (Å²) >= 11 is 7.39. The number of ether oxygens (including phenoxy) is 1. The summed E-state index contributed by atoms with van der Waals surface area (Å²) < 4.78 is 6.43. The zero-order chi connectivity index (χ0) is 12.3. The van der Waals surface area contributed by atoms with Crippen LogP contribution in [0, 0.1) is 0 Å². The van der Waals surface area contributed by atoms with E-state index in [0.717, 1.165) is 6.42 Å². The van der Waals surface area contributed by atoms with Gasteiger partial charge in [-0.2, -0.15) is 11.3 Å². The van der Waals surface area contributed by atoms with E-state index in [4.69, 9.17) is 16.3 Å². The highest BCUT2D eigenvalue weighted by Crippen LogP contribution is 2.15. The summed E-state index contributed by atoms with van der Waals surface area (Å²) in [5.41, 5.74) is 0.957. The molecule has 2 aromatic rings. The standard InChI is InChI=1S/C11H11ClN2O2S/c1-16-9-10(12)13-7-14(11(9)15)4-2-8-3-5-17-6-8/h3,5-7H,2,4H2,1H3. The zero-order valence-corrected chi connectivity index (χ0v) is 10.8. The lowest BCUT2D eigenvalue weighted by Crippen LogP contribution is -2.23. The molecule has 0 aliphatic carbocycles. The van der Waals surface area contributed by atoms with Gasteiger partial charge in [-0.1, -0.05) is 11.6 Å². The first-order chi connectivity index (χ1) is 8.22. The largest absolute Gasteiger partial charge is 0.489 e. The summed E-state index contributed by atoms with van der Waals surface area (Å²) in [4.78, 5) is 15.8. The van der Waals surface area contributed by atoms with Gasteiger partial charge in [-0.25, -0.2) is 4.98 Å². The molecular weight excluding hydrogens is 260 g/mol. The van der Waals surface area contributed by atoms with Crippen molar-refractivity contribution in [1.29, 1.82) is 0 Å². The number of thiophene rings is 1. The fraction of sp³-hybridized carbons (Fsp3) is 0.273. The molecule has 2 rings (SSSR count). The van der Waals surface area contributed by atoms with Gasteiger partial charge < -0.3 is 4.74 Å². The molecule has 0 aromatic carbocycles. The molecular formula is C11H11ClN2O2S. The summed E-state index contributed by atoms with van der Waals surface area (Å²) in [6.45, 7) is 0.566. The summed E-state index contributed by atoms with van der Waals surface area (Å²) in [6.07, 6.45) is 2.23. The fourth-order valence-electron chi connectivity index (χ4n) is 1.47. The van der Waals surface area contributed by atoms with Crippen molar-refractivity contribution in [1.82, 2.24) is 9.55 Å². The van der Waals surface area contributed by atoms with Gasteiger partial charge in [0.2, 0.25) is 5.75 Å². The molecule has 0 saturated carbocycles. The molecule has 0 saturated heterocycles. The Morgan fingerprint density at radius 3 is 3.06 bits per heavy atom. The first kappa shape index (κ1) is 12.1. The van der Waals surface area contributed by atoms with Crippen molar-refractivity contribution >= 4 is 22.9 Å². The van der Waals surface area contributed by atoms with Crippen molar-refractivity contribution in [2.45, 2.75) is 13.0 Å². The van der Waals surface area contributed by atoms with Crippen molar-refractivity contribution in [3.63, 3.8) is 0 Å². The minimum atomic E-state index is -0.247. The van der Waals surface area contributed by atoms with Crippen LogP contribution in [0.4, 0.5) is 0 Å². The van der Waals surface area contributed by atoms with E-state index < -0.39 is 0 Å². The topological polar surface area (TPSA) is 44.1 Å². The SMILES string of the molecule is COc1c(Cl)ncn(CCc2ccsc2)c1=O. The molecule has 0 aliphatic heterocycles. The van der Waals surface area contributed by atoms with Crippen LogP contribution in [0.5, 0.6) is 5.75 Å². The second-order valence-corrected chi connectivity index (χ2v) is 4.59. The maximum Gasteiger partial charge on any atom is 0.297 e. The number of rotatable bonds is 4. The molecule has 0 fully saturated rings. The molecule has 0 atom stereocenters. The molecule has 0 N–H and O–H groups in total. The third-order valence-corrected chi connectivity index (χ3v) is 3.38. The van der Waals surface area contributed by atoms with Crippen molar-refractivity contribution in [2.24, 2.45) is 0 Å². The van der Waals surface area contributed by atoms with Crippen molar-refractivity contribution in [2.75, 3.05) is 7.11 Å². The van der Waals surface area contributed by atoms with Gasteiger partial charge in [-0.15, -0.1) is 0 Å². The Balaban J connectivity index is 2.19. The van der Waals surface area contributed by atoms with Crippen LogP contribution in [0.1, 0.15) is 5.56 Å². The van der Waals surface area contributed by atoms with E-state index >= 15 is 0 Å². The van der Waals surface area contributed by atoms with Gasteiger partial charge >= 0.3 is 0 Å². The lowest BCUT2D eigenvalue weighted by Gasteiger charge is -2.07. The Bertz CT molecular complexity index is 551. The van der Waals surface area contributed by atoms with E-state index in [1.54, 1.807) is 11.3 Å². The zero-order valence-electron chi connectivity index (χ0n) is 9.22. The second-order valence-electron chi connectivity index (χ2n) is 3.45. The smallest absolute Gasteiger partial charge is 0.297 e. The van der Waals surface area contributed by atoms with Gasteiger partial charge in [-0.3, -0.25) is 9.36 Å². The number of hydrogen-bond acceptors (Lipinski definition) is 4. The van der Waals surface area contributed by atoms with E-state index in [9.17, 15) is 4.79 Å². The highest BCUT2D eigenvalue weighted by atomic mass is 35.5. The Kier molecular flexibility index (Phi) is 3.81. The van der Waals surface area contributed by atoms with Crippen LogP contribution in [0.3, 0.4) is 0 Å². The Morgan fingerprint density at radius 1 is 1.59 bits per heavy atom. The quantitative estimate of drug-likeness (QED) is 0.800. The van der Waals surface area contributed by atoms with Crippen LogP contribution in [-0.2, 0) is 13.0 Å². The monoisotopic (exact) mass is 270 g/mol. The predicted octanol–water partition coefficient (Wildman–Crippen LogP) is 2.21. The number of methoxy groups -OCH3 is 1. The van der Waals surface area contributed by atoms with Crippen LogP contribution < -0.4 is 10.3 Å². The van der Waals surface area contributed by atoms with E-state index in [1.165, 1.54) is 23.6 Å². The molecule has 2 heterocycles. The van der Waals surface area contributed by atoms with Crippen molar-refractivity contribution in [3.05, 3.63) is 44.2 Å². The normalized spacial score (nSPS) is 10.5. The van der Waals surface area contributed by atoms with Gasteiger partial charge in [0, 0.05) is 6.54 Å². The number of hydrogen-bond donors (Lipinski definition) is 0. The van der Waals surface area contributed by atoms with E-state index in [0.29, 0.717) is 6.54 Å². The molecule has 0 unspecified atom stereocenters. The molecule has 0 radical (unpaired) electrons. The third kappa shape index (κ3) is 2.68. The summed E-state index contributed by atoms with van der Waals surface area (Å²) in [5, 5.41) is 4.18. The number of halogens is 1. The minimum Gasteiger partial charge on any atom is -0.489 e. The predicted molar refractivity (Wildman–Crippen MR) is 68.1 cm³/mol. The van der Waals surface area contributed by atoms with Crippen LogP contribution in [0.25, 0.3) is 0 Å². The van der Waals surface area contributed by atoms with Gasteiger partial charge in [0.15, 0.2) is 5.15 Å². The van der Waals surface area contributed by atoms with Gasteiger partial charge in [0.05, 0.1) is 13.4 Å². The molecule has 90 valence electrons. The number of nitrogens with zero attached hydrogens (tertiary/aromatic N) is 2. The summed E-state index contributed by atoms with van der Waals surface area (Å²) in [7, 11) is 1.41. The third-order valence-electron chi connectivity index (χ3n) is 2.38. The Labute approximate surface area is 107 Å². The molecule has 17 heavy (non-hydrogen) atoms. The van der Waals surface area contributed by atoms with E-state index in [1.807, 2.05) is 11.4 Å². The molecule has 0 amide bonds. The van der Waals surface area contributed by atoms with E-state index in [-0.39, 0.29) is 16.5 Å². The lowest BCUT2D eigenvalue weighted by molar-refractivity contribution is 0.399. The first-order valence-corrected chi connectivity index (χ1v) is 6.34. The maximum absolute atomic E-state index is 11.9. The summed E-state index contributed by atoms with van der Waals surface area (Å²) in [6, 6.07) is 2.04. The molecule has 0 bridgehead atoms. The summed E-state index contributed by atoms with van der Waals surface area (Å²) in [5.74, 6) is 0.0967. The molecule has 6 heteroatoms. The van der Waals surface area contributed by atoms with Crippen LogP contribution >= 0.6 is 22.9 Å². The van der Waals surface area contributed by atoms with Gasteiger partial charge in [0.25, 0.3) is 5.56 Å².